The Labute approximate surface area is 115 Å². The van der Waals surface area contributed by atoms with E-state index in [9.17, 15) is 13.6 Å². The van der Waals surface area contributed by atoms with Crippen LogP contribution in [-0.2, 0) is 6.54 Å². The maximum absolute atomic E-state index is 13.8. The van der Waals surface area contributed by atoms with Gasteiger partial charge in [-0.3, -0.25) is 4.79 Å². The van der Waals surface area contributed by atoms with E-state index < -0.39 is 11.6 Å². The van der Waals surface area contributed by atoms with Gasteiger partial charge in [0.05, 0.1) is 0 Å². The van der Waals surface area contributed by atoms with E-state index >= 15 is 0 Å². The fourth-order valence-corrected chi connectivity index (χ4v) is 2.03. The second kappa shape index (κ2) is 5.96. The molecule has 0 aliphatic rings. The van der Waals surface area contributed by atoms with Crippen molar-refractivity contribution in [1.29, 1.82) is 0 Å². The number of hydrogen-bond donors (Lipinski definition) is 1. The molecule has 0 aliphatic carbocycles. The summed E-state index contributed by atoms with van der Waals surface area (Å²) < 4.78 is 29.1. The molecule has 0 radical (unpaired) electrons. The molecular weight excluding hydrogens is 262 g/mol. The van der Waals surface area contributed by atoms with Crippen LogP contribution in [0.3, 0.4) is 0 Å². The molecule has 0 saturated heterocycles. The standard InChI is InChI=1S/C15H16F2N2O/c1-3-18-8-11-9-19(10(2)7-14(11)20)15-12(16)5-4-6-13(15)17/h4-7,9,18H,3,8H2,1-2H3. The van der Waals surface area contributed by atoms with Crippen molar-refractivity contribution < 1.29 is 8.78 Å². The summed E-state index contributed by atoms with van der Waals surface area (Å²) in [6.45, 7) is 4.64. The van der Waals surface area contributed by atoms with E-state index in [1.165, 1.54) is 35.0 Å². The minimum absolute atomic E-state index is 0.142. The Bertz CT molecular complexity index is 660. The second-order valence-electron chi connectivity index (χ2n) is 4.52. The van der Waals surface area contributed by atoms with Crippen LogP contribution in [-0.4, -0.2) is 11.1 Å². The van der Waals surface area contributed by atoms with Crippen molar-refractivity contribution in [1.82, 2.24) is 9.88 Å². The molecule has 0 fully saturated rings. The van der Waals surface area contributed by atoms with Gasteiger partial charge >= 0.3 is 0 Å². The van der Waals surface area contributed by atoms with E-state index in [-0.39, 0.29) is 11.1 Å². The lowest BCUT2D eigenvalue weighted by Gasteiger charge is -2.14. The molecule has 5 heteroatoms. The lowest BCUT2D eigenvalue weighted by atomic mass is 10.2. The number of hydrogen-bond acceptors (Lipinski definition) is 2. The van der Waals surface area contributed by atoms with Crippen LogP contribution in [0.2, 0.25) is 0 Å². The SMILES string of the molecule is CCNCc1cn(-c2c(F)cccc2F)c(C)cc1=O. The minimum atomic E-state index is -0.661. The summed E-state index contributed by atoms with van der Waals surface area (Å²) in [4.78, 5) is 11.9. The van der Waals surface area contributed by atoms with Crippen LogP contribution in [0.15, 0.2) is 35.3 Å². The Morgan fingerprint density at radius 3 is 2.50 bits per heavy atom. The highest BCUT2D eigenvalue weighted by Crippen LogP contribution is 2.19. The van der Waals surface area contributed by atoms with E-state index in [0.717, 1.165) is 0 Å². The van der Waals surface area contributed by atoms with E-state index in [0.29, 0.717) is 24.3 Å². The molecule has 2 rings (SSSR count). The molecule has 0 aliphatic heterocycles. The van der Waals surface area contributed by atoms with Gasteiger partial charge in [0.15, 0.2) is 5.43 Å². The average molecular weight is 278 g/mol. The normalized spacial score (nSPS) is 10.8. The number of pyridine rings is 1. The Kier molecular flexibility index (Phi) is 4.29. The van der Waals surface area contributed by atoms with E-state index in [1.807, 2.05) is 6.92 Å². The molecule has 0 atom stereocenters. The Morgan fingerprint density at radius 1 is 1.25 bits per heavy atom. The monoisotopic (exact) mass is 278 g/mol. The molecule has 0 saturated carbocycles. The smallest absolute Gasteiger partial charge is 0.186 e. The van der Waals surface area contributed by atoms with Crippen molar-refractivity contribution in [2.75, 3.05) is 6.54 Å². The second-order valence-corrected chi connectivity index (χ2v) is 4.52. The van der Waals surface area contributed by atoms with Gasteiger partial charge < -0.3 is 9.88 Å². The summed E-state index contributed by atoms with van der Waals surface area (Å²) >= 11 is 0. The van der Waals surface area contributed by atoms with E-state index in [4.69, 9.17) is 0 Å². The van der Waals surface area contributed by atoms with Crippen molar-refractivity contribution in [2.24, 2.45) is 0 Å². The fraction of sp³-hybridized carbons (Fsp3) is 0.267. The number of benzene rings is 1. The van der Waals surface area contributed by atoms with Crippen LogP contribution in [0.5, 0.6) is 0 Å². The molecule has 1 heterocycles. The third-order valence-electron chi connectivity index (χ3n) is 3.07. The average Bonchev–Trinajstić information content (AvgIpc) is 2.39. The highest BCUT2D eigenvalue weighted by atomic mass is 19.1. The molecule has 0 bridgehead atoms. The van der Waals surface area contributed by atoms with Crippen molar-refractivity contribution in [3.63, 3.8) is 0 Å². The fourth-order valence-electron chi connectivity index (χ4n) is 2.03. The Balaban J connectivity index is 2.59. The largest absolute Gasteiger partial charge is 0.316 e. The molecule has 0 amide bonds. The van der Waals surface area contributed by atoms with Crippen molar-refractivity contribution in [3.8, 4) is 5.69 Å². The summed E-state index contributed by atoms with van der Waals surface area (Å²) in [7, 11) is 0. The van der Waals surface area contributed by atoms with Crippen LogP contribution >= 0.6 is 0 Å². The Hall–Kier alpha value is -2.01. The van der Waals surface area contributed by atoms with Crippen LogP contribution in [0.1, 0.15) is 18.2 Å². The number of halogens is 2. The maximum atomic E-state index is 13.8. The van der Waals surface area contributed by atoms with Crippen LogP contribution in [0.25, 0.3) is 5.69 Å². The third-order valence-corrected chi connectivity index (χ3v) is 3.07. The van der Waals surface area contributed by atoms with Gasteiger partial charge in [-0.05, 0) is 25.6 Å². The molecule has 2 aromatic rings. The van der Waals surface area contributed by atoms with Gasteiger partial charge in [-0.1, -0.05) is 13.0 Å². The van der Waals surface area contributed by atoms with Crippen LogP contribution in [0, 0.1) is 18.6 Å². The highest BCUT2D eigenvalue weighted by molar-refractivity contribution is 5.38. The summed E-state index contributed by atoms with van der Waals surface area (Å²) in [5, 5.41) is 3.03. The zero-order chi connectivity index (χ0) is 14.7. The summed E-state index contributed by atoms with van der Waals surface area (Å²) in [6, 6.07) is 5.09. The summed E-state index contributed by atoms with van der Waals surface area (Å²) in [6.07, 6.45) is 1.49. The van der Waals surface area contributed by atoms with Gasteiger partial charge in [-0.25, -0.2) is 8.78 Å². The predicted octanol–water partition coefficient (Wildman–Crippen LogP) is 2.53. The molecule has 1 N–H and O–H groups in total. The number of para-hydroxylation sites is 1. The van der Waals surface area contributed by atoms with Gasteiger partial charge in [-0.2, -0.15) is 0 Å². The van der Waals surface area contributed by atoms with Crippen molar-refractivity contribution >= 4 is 0 Å². The number of aryl methyl sites for hydroxylation is 1. The zero-order valence-corrected chi connectivity index (χ0v) is 11.4. The summed E-state index contributed by atoms with van der Waals surface area (Å²) in [5.74, 6) is -1.32. The van der Waals surface area contributed by atoms with Gasteiger partial charge in [0, 0.05) is 30.1 Å². The highest BCUT2D eigenvalue weighted by Gasteiger charge is 2.13. The third kappa shape index (κ3) is 2.77. The predicted molar refractivity (Wildman–Crippen MR) is 74.1 cm³/mol. The lowest BCUT2D eigenvalue weighted by Crippen LogP contribution is -2.21. The molecular formula is C15H16F2N2O. The zero-order valence-electron chi connectivity index (χ0n) is 11.4. The van der Waals surface area contributed by atoms with Crippen LogP contribution in [0.4, 0.5) is 8.78 Å². The lowest BCUT2D eigenvalue weighted by molar-refractivity contribution is 0.566. The van der Waals surface area contributed by atoms with E-state index in [2.05, 4.69) is 5.32 Å². The van der Waals surface area contributed by atoms with Crippen molar-refractivity contribution in [3.05, 3.63) is 63.6 Å². The molecule has 0 spiro atoms. The summed E-state index contributed by atoms with van der Waals surface area (Å²) in [5.41, 5.74) is 0.651. The van der Waals surface area contributed by atoms with Gasteiger partial charge in [0.2, 0.25) is 0 Å². The number of rotatable bonds is 4. The maximum Gasteiger partial charge on any atom is 0.186 e. The first kappa shape index (κ1) is 14.4. The first-order valence-corrected chi connectivity index (χ1v) is 6.42. The van der Waals surface area contributed by atoms with Gasteiger partial charge in [0.1, 0.15) is 17.3 Å². The number of nitrogens with zero attached hydrogens (tertiary/aromatic N) is 1. The quantitative estimate of drug-likeness (QED) is 0.932. The molecule has 0 unspecified atom stereocenters. The first-order valence-electron chi connectivity index (χ1n) is 6.42. The topological polar surface area (TPSA) is 34.0 Å². The number of aromatic nitrogens is 1. The minimum Gasteiger partial charge on any atom is -0.316 e. The van der Waals surface area contributed by atoms with Crippen LogP contribution < -0.4 is 10.7 Å². The molecule has 20 heavy (non-hydrogen) atoms. The van der Waals surface area contributed by atoms with Gasteiger partial charge in [0.25, 0.3) is 0 Å². The molecule has 1 aromatic heterocycles. The molecule has 1 aromatic carbocycles. The van der Waals surface area contributed by atoms with Crippen molar-refractivity contribution in [2.45, 2.75) is 20.4 Å². The number of nitrogens with one attached hydrogen (secondary N) is 1. The molecule has 3 nitrogen and oxygen atoms in total. The Morgan fingerprint density at radius 2 is 1.90 bits per heavy atom. The first-order chi connectivity index (χ1) is 9.54. The molecule has 106 valence electrons. The van der Waals surface area contributed by atoms with Gasteiger partial charge in [-0.15, -0.1) is 0 Å². The van der Waals surface area contributed by atoms with E-state index in [1.54, 1.807) is 6.92 Å².